The van der Waals surface area contributed by atoms with Crippen molar-refractivity contribution in [3.05, 3.63) is 64.4 Å². The fraction of sp³-hybridized carbons (Fsp3) is 0.263. The van der Waals surface area contributed by atoms with Crippen LogP contribution in [0.5, 0.6) is 5.75 Å². The van der Waals surface area contributed by atoms with Gasteiger partial charge in [-0.15, -0.1) is 0 Å². The lowest BCUT2D eigenvalue weighted by molar-refractivity contribution is -0.137. The van der Waals surface area contributed by atoms with Crippen LogP contribution >= 0.6 is 15.9 Å². The summed E-state index contributed by atoms with van der Waals surface area (Å²) in [7, 11) is 0. The number of carbonyl (C=O) groups excluding carboxylic acids is 2. The Bertz CT molecular complexity index is 753. The molecular formula is C19H20BrFN2O3. The van der Waals surface area contributed by atoms with Gasteiger partial charge in [0.2, 0.25) is 5.91 Å². The molecule has 2 amide bonds. The van der Waals surface area contributed by atoms with Gasteiger partial charge in [0, 0.05) is 17.6 Å². The third-order valence-electron chi connectivity index (χ3n) is 3.63. The Balaban J connectivity index is 1.80. The van der Waals surface area contributed by atoms with Crippen LogP contribution in [0.3, 0.4) is 0 Å². The van der Waals surface area contributed by atoms with Crippen molar-refractivity contribution in [3.63, 3.8) is 0 Å². The highest BCUT2D eigenvalue weighted by Crippen LogP contribution is 2.17. The lowest BCUT2D eigenvalue weighted by atomic mass is 10.2. The van der Waals surface area contributed by atoms with Gasteiger partial charge in [0.15, 0.2) is 6.61 Å². The first-order valence-corrected chi connectivity index (χ1v) is 8.94. The van der Waals surface area contributed by atoms with Crippen LogP contribution in [-0.2, 0) is 16.1 Å². The highest BCUT2D eigenvalue weighted by molar-refractivity contribution is 9.10. The SMILES string of the molecule is CCN(CC(=O)NCc1ccc(F)cc1)C(=O)COc1cccc(Br)c1. The van der Waals surface area contributed by atoms with E-state index in [2.05, 4.69) is 21.2 Å². The normalized spacial score (nSPS) is 10.3. The summed E-state index contributed by atoms with van der Waals surface area (Å²) in [6.45, 7) is 2.27. The van der Waals surface area contributed by atoms with Gasteiger partial charge in [-0.25, -0.2) is 4.39 Å². The summed E-state index contributed by atoms with van der Waals surface area (Å²) >= 11 is 3.34. The Hall–Kier alpha value is -2.41. The van der Waals surface area contributed by atoms with Gasteiger partial charge >= 0.3 is 0 Å². The largest absolute Gasteiger partial charge is 0.484 e. The van der Waals surface area contributed by atoms with E-state index in [1.54, 1.807) is 31.2 Å². The predicted octanol–water partition coefficient (Wildman–Crippen LogP) is 3.13. The molecule has 0 aliphatic heterocycles. The second kappa shape index (κ2) is 9.91. The molecule has 0 heterocycles. The number of benzene rings is 2. The molecule has 7 heteroatoms. The number of rotatable bonds is 8. The van der Waals surface area contributed by atoms with Crippen LogP contribution in [0.15, 0.2) is 53.0 Å². The molecule has 0 fully saturated rings. The molecule has 0 aromatic heterocycles. The number of amides is 2. The number of likely N-dealkylation sites (N-methyl/N-ethyl adjacent to an activating group) is 1. The number of nitrogens with zero attached hydrogens (tertiary/aromatic N) is 1. The minimum absolute atomic E-state index is 0.0572. The first-order chi connectivity index (χ1) is 12.5. The van der Waals surface area contributed by atoms with Crippen molar-refractivity contribution in [3.8, 4) is 5.75 Å². The van der Waals surface area contributed by atoms with Gasteiger partial charge in [-0.2, -0.15) is 0 Å². The lowest BCUT2D eigenvalue weighted by Gasteiger charge is -2.20. The fourth-order valence-corrected chi connectivity index (χ4v) is 2.58. The van der Waals surface area contributed by atoms with Gasteiger partial charge in [-0.3, -0.25) is 9.59 Å². The highest BCUT2D eigenvalue weighted by atomic mass is 79.9. The summed E-state index contributed by atoms with van der Waals surface area (Å²) in [4.78, 5) is 25.7. The third kappa shape index (κ3) is 6.48. The minimum atomic E-state index is -0.326. The number of hydrogen-bond donors (Lipinski definition) is 1. The number of hydrogen-bond acceptors (Lipinski definition) is 3. The van der Waals surface area contributed by atoms with Crippen LogP contribution in [0, 0.1) is 5.82 Å². The molecule has 0 saturated carbocycles. The van der Waals surface area contributed by atoms with E-state index in [1.165, 1.54) is 17.0 Å². The first kappa shape index (κ1) is 19.9. The minimum Gasteiger partial charge on any atom is -0.484 e. The molecule has 0 aliphatic rings. The standard InChI is InChI=1S/C19H20BrFN2O3/c1-2-23(19(25)13-26-17-5-3-4-15(20)10-17)12-18(24)22-11-14-6-8-16(21)9-7-14/h3-10H,2,11-13H2,1H3,(H,22,24). The molecule has 26 heavy (non-hydrogen) atoms. The van der Waals surface area contributed by atoms with E-state index in [0.29, 0.717) is 12.3 Å². The Morgan fingerprint density at radius 1 is 1.19 bits per heavy atom. The van der Waals surface area contributed by atoms with Gasteiger partial charge in [0.1, 0.15) is 11.6 Å². The quantitative estimate of drug-likeness (QED) is 0.710. The van der Waals surface area contributed by atoms with Crippen molar-refractivity contribution in [2.24, 2.45) is 0 Å². The summed E-state index contributed by atoms with van der Waals surface area (Å²) in [5.41, 5.74) is 0.784. The van der Waals surface area contributed by atoms with Crippen LogP contribution in [0.25, 0.3) is 0 Å². The zero-order chi connectivity index (χ0) is 18.9. The molecule has 2 rings (SSSR count). The van der Waals surface area contributed by atoms with Crippen LogP contribution in [0.4, 0.5) is 4.39 Å². The molecular weight excluding hydrogens is 403 g/mol. The van der Waals surface area contributed by atoms with Gasteiger partial charge < -0.3 is 15.0 Å². The fourth-order valence-electron chi connectivity index (χ4n) is 2.20. The topological polar surface area (TPSA) is 58.6 Å². The van der Waals surface area contributed by atoms with Crippen molar-refractivity contribution in [1.82, 2.24) is 10.2 Å². The van der Waals surface area contributed by atoms with E-state index < -0.39 is 0 Å². The maximum atomic E-state index is 12.9. The Kier molecular flexibility index (Phi) is 7.59. The van der Waals surface area contributed by atoms with Gasteiger partial charge in [-0.05, 0) is 42.8 Å². The van der Waals surface area contributed by atoms with E-state index in [4.69, 9.17) is 4.74 Å². The van der Waals surface area contributed by atoms with E-state index in [1.807, 2.05) is 12.1 Å². The smallest absolute Gasteiger partial charge is 0.260 e. The third-order valence-corrected chi connectivity index (χ3v) is 4.12. The van der Waals surface area contributed by atoms with Crippen LogP contribution in [-0.4, -0.2) is 36.4 Å². The van der Waals surface area contributed by atoms with Crippen molar-refractivity contribution >= 4 is 27.7 Å². The maximum Gasteiger partial charge on any atom is 0.260 e. The molecule has 0 saturated heterocycles. The number of nitrogens with one attached hydrogen (secondary N) is 1. The number of ether oxygens (including phenoxy) is 1. The second-order valence-corrected chi connectivity index (χ2v) is 6.47. The van der Waals surface area contributed by atoms with E-state index in [9.17, 15) is 14.0 Å². The average molecular weight is 423 g/mol. The molecule has 0 unspecified atom stereocenters. The van der Waals surface area contributed by atoms with Crippen molar-refractivity contribution in [2.75, 3.05) is 19.7 Å². The van der Waals surface area contributed by atoms with Crippen LogP contribution in [0.2, 0.25) is 0 Å². The molecule has 0 atom stereocenters. The van der Waals surface area contributed by atoms with Crippen LogP contribution < -0.4 is 10.1 Å². The number of halogens is 2. The zero-order valence-electron chi connectivity index (χ0n) is 14.4. The summed E-state index contributed by atoms with van der Waals surface area (Å²) in [5.74, 6) is -0.311. The number of carbonyl (C=O) groups is 2. The monoisotopic (exact) mass is 422 g/mol. The highest BCUT2D eigenvalue weighted by Gasteiger charge is 2.16. The summed E-state index contributed by atoms with van der Waals surface area (Å²) in [6.07, 6.45) is 0. The van der Waals surface area contributed by atoms with Gasteiger partial charge in [0.25, 0.3) is 5.91 Å². The lowest BCUT2D eigenvalue weighted by Crippen LogP contribution is -2.42. The molecule has 2 aromatic rings. The first-order valence-electron chi connectivity index (χ1n) is 8.15. The van der Waals surface area contributed by atoms with E-state index in [-0.39, 0.29) is 37.3 Å². The molecule has 2 aromatic carbocycles. The van der Waals surface area contributed by atoms with Crippen molar-refractivity contribution in [1.29, 1.82) is 0 Å². The second-order valence-electron chi connectivity index (χ2n) is 5.56. The summed E-state index contributed by atoms with van der Waals surface area (Å²) < 4.78 is 19.2. The molecule has 0 spiro atoms. The summed E-state index contributed by atoms with van der Waals surface area (Å²) in [5, 5.41) is 2.72. The van der Waals surface area contributed by atoms with Crippen LogP contribution in [0.1, 0.15) is 12.5 Å². The molecule has 138 valence electrons. The summed E-state index contributed by atoms with van der Waals surface area (Å²) in [6, 6.07) is 13.1. The van der Waals surface area contributed by atoms with Crippen molar-refractivity contribution in [2.45, 2.75) is 13.5 Å². The van der Waals surface area contributed by atoms with Crippen molar-refractivity contribution < 1.29 is 18.7 Å². The molecule has 0 radical (unpaired) electrons. The molecule has 0 aliphatic carbocycles. The van der Waals surface area contributed by atoms with Gasteiger partial charge in [-0.1, -0.05) is 34.1 Å². The zero-order valence-corrected chi connectivity index (χ0v) is 16.0. The van der Waals surface area contributed by atoms with E-state index in [0.717, 1.165) is 10.0 Å². The average Bonchev–Trinajstić information content (AvgIpc) is 2.63. The Labute approximate surface area is 160 Å². The Morgan fingerprint density at radius 3 is 2.58 bits per heavy atom. The predicted molar refractivity (Wildman–Crippen MR) is 100 cm³/mol. The maximum absolute atomic E-state index is 12.9. The Morgan fingerprint density at radius 2 is 1.92 bits per heavy atom. The molecule has 5 nitrogen and oxygen atoms in total. The van der Waals surface area contributed by atoms with Gasteiger partial charge in [0.05, 0.1) is 6.54 Å². The molecule has 1 N–H and O–H groups in total. The van der Waals surface area contributed by atoms with E-state index >= 15 is 0 Å². The molecule has 0 bridgehead atoms.